The first-order chi connectivity index (χ1) is 11.6. The van der Waals surface area contributed by atoms with Gasteiger partial charge in [-0.1, -0.05) is 26.0 Å². The molecule has 1 aliphatic rings. The fourth-order valence-electron chi connectivity index (χ4n) is 3.53. The Morgan fingerprint density at radius 1 is 1.08 bits per heavy atom. The van der Waals surface area contributed by atoms with Gasteiger partial charge in [-0.3, -0.25) is 4.79 Å². The third-order valence-electron chi connectivity index (χ3n) is 4.48. The summed E-state index contributed by atoms with van der Waals surface area (Å²) < 4.78 is 1.19. The molecule has 2 atom stereocenters. The zero-order chi connectivity index (χ0) is 16.7. The fraction of sp³-hybridized carbons (Fsp3) is 0.368. The molecular formula is C19H20N2OS2. The quantitative estimate of drug-likeness (QED) is 0.637. The molecule has 1 fully saturated rings. The van der Waals surface area contributed by atoms with Crippen LogP contribution in [0.2, 0.25) is 0 Å². The lowest BCUT2D eigenvalue weighted by Gasteiger charge is -2.34. The Morgan fingerprint density at radius 2 is 1.83 bits per heavy atom. The van der Waals surface area contributed by atoms with Crippen molar-refractivity contribution in [3.8, 4) is 9.88 Å². The van der Waals surface area contributed by atoms with E-state index in [1.165, 1.54) is 11.1 Å². The molecule has 4 rings (SSSR count). The van der Waals surface area contributed by atoms with Crippen molar-refractivity contribution < 1.29 is 4.79 Å². The van der Waals surface area contributed by atoms with Gasteiger partial charge in [0.15, 0.2) is 0 Å². The van der Waals surface area contributed by atoms with Crippen molar-refractivity contribution in [1.29, 1.82) is 0 Å². The molecule has 5 heteroatoms. The average molecular weight is 357 g/mol. The van der Waals surface area contributed by atoms with Gasteiger partial charge in [-0.15, -0.1) is 22.7 Å². The SMILES string of the molecule is CC1CC(C)CN(C(=O)c2ccc(-c3nc4ccccc4s3)s2)C1. The van der Waals surface area contributed by atoms with Crippen LogP contribution < -0.4 is 0 Å². The van der Waals surface area contributed by atoms with Crippen molar-refractivity contribution in [2.45, 2.75) is 20.3 Å². The average Bonchev–Trinajstić information content (AvgIpc) is 3.19. The first kappa shape index (κ1) is 15.8. The van der Waals surface area contributed by atoms with E-state index < -0.39 is 0 Å². The minimum atomic E-state index is 0.172. The minimum absolute atomic E-state index is 0.172. The zero-order valence-corrected chi connectivity index (χ0v) is 15.5. The molecule has 3 aromatic rings. The highest BCUT2D eigenvalue weighted by Crippen LogP contribution is 2.35. The van der Waals surface area contributed by atoms with Gasteiger partial charge in [-0.05, 0) is 42.5 Å². The summed E-state index contributed by atoms with van der Waals surface area (Å²) in [6.45, 7) is 6.21. The first-order valence-electron chi connectivity index (χ1n) is 8.35. The van der Waals surface area contributed by atoms with Crippen LogP contribution in [0, 0.1) is 11.8 Å². The van der Waals surface area contributed by atoms with Crippen LogP contribution in [0.3, 0.4) is 0 Å². The predicted molar refractivity (Wildman–Crippen MR) is 102 cm³/mol. The van der Waals surface area contributed by atoms with Crippen LogP contribution in [0.25, 0.3) is 20.1 Å². The van der Waals surface area contributed by atoms with Crippen LogP contribution in [-0.2, 0) is 0 Å². The summed E-state index contributed by atoms with van der Waals surface area (Å²) in [6, 6.07) is 12.2. The monoisotopic (exact) mass is 356 g/mol. The number of nitrogens with zero attached hydrogens (tertiary/aromatic N) is 2. The van der Waals surface area contributed by atoms with Gasteiger partial charge >= 0.3 is 0 Å². The molecule has 1 saturated heterocycles. The smallest absolute Gasteiger partial charge is 0.263 e. The van der Waals surface area contributed by atoms with Gasteiger partial charge < -0.3 is 4.90 Å². The Hall–Kier alpha value is -1.72. The third kappa shape index (κ3) is 2.98. The van der Waals surface area contributed by atoms with Crippen LogP contribution in [0.1, 0.15) is 29.9 Å². The minimum Gasteiger partial charge on any atom is -0.337 e. The Morgan fingerprint density at radius 3 is 2.58 bits per heavy atom. The molecule has 124 valence electrons. The number of benzene rings is 1. The lowest BCUT2D eigenvalue weighted by atomic mass is 9.92. The number of thiazole rings is 1. The Labute approximate surface area is 150 Å². The maximum absolute atomic E-state index is 12.8. The number of para-hydroxylation sites is 1. The van der Waals surface area contributed by atoms with Crippen LogP contribution in [-0.4, -0.2) is 28.9 Å². The number of aromatic nitrogens is 1. The second kappa shape index (κ2) is 6.30. The van der Waals surface area contributed by atoms with E-state index in [1.54, 1.807) is 22.7 Å². The number of piperidine rings is 1. The van der Waals surface area contributed by atoms with Crippen molar-refractivity contribution in [1.82, 2.24) is 9.88 Å². The highest BCUT2D eigenvalue weighted by molar-refractivity contribution is 7.26. The van der Waals surface area contributed by atoms with Crippen LogP contribution in [0.5, 0.6) is 0 Å². The Balaban J connectivity index is 1.59. The number of likely N-dealkylation sites (tertiary alicyclic amines) is 1. The molecule has 2 unspecified atom stereocenters. The summed E-state index contributed by atoms with van der Waals surface area (Å²) in [5, 5.41) is 1.00. The van der Waals surface area contributed by atoms with Crippen molar-refractivity contribution >= 4 is 38.8 Å². The van der Waals surface area contributed by atoms with Gasteiger partial charge in [0.25, 0.3) is 5.91 Å². The Bertz CT molecular complexity index is 839. The van der Waals surface area contributed by atoms with Crippen molar-refractivity contribution in [3.05, 3.63) is 41.3 Å². The topological polar surface area (TPSA) is 33.2 Å². The number of carbonyl (C=O) groups excluding carboxylic acids is 1. The van der Waals surface area contributed by atoms with E-state index >= 15 is 0 Å². The van der Waals surface area contributed by atoms with Crippen molar-refractivity contribution in [2.24, 2.45) is 11.8 Å². The van der Waals surface area contributed by atoms with Gasteiger partial charge in [-0.2, -0.15) is 0 Å². The zero-order valence-electron chi connectivity index (χ0n) is 13.9. The number of carbonyl (C=O) groups is 1. The van der Waals surface area contributed by atoms with Crippen LogP contribution in [0.15, 0.2) is 36.4 Å². The first-order valence-corrected chi connectivity index (χ1v) is 9.98. The van der Waals surface area contributed by atoms with E-state index in [4.69, 9.17) is 4.98 Å². The fourth-order valence-corrected chi connectivity index (χ4v) is 5.52. The lowest BCUT2D eigenvalue weighted by Crippen LogP contribution is -2.42. The molecule has 0 N–H and O–H groups in total. The molecule has 1 aliphatic heterocycles. The number of thiophene rings is 1. The van der Waals surface area contributed by atoms with Crippen molar-refractivity contribution in [3.63, 3.8) is 0 Å². The summed E-state index contributed by atoms with van der Waals surface area (Å²) in [4.78, 5) is 21.4. The molecule has 1 amide bonds. The van der Waals surface area contributed by atoms with Gasteiger partial charge in [0.2, 0.25) is 0 Å². The maximum atomic E-state index is 12.8. The molecule has 0 spiro atoms. The molecule has 2 aromatic heterocycles. The number of amides is 1. The van der Waals surface area contributed by atoms with Gasteiger partial charge in [-0.25, -0.2) is 4.98 Å². The van der Waals surface area contributed by atoms with Crippen LogP contribution >= 0.6 is 22.7 Å². The number of rotatable bonds is 2. The lowest BCUT2D eigenvalue weighted by molar-refractivity contribution is 0.0628. The molecule has 0 bridgehead atoms. The molecule has 3 nitrogen and oxygen atoms in total. The van der Waals surface area contributed by atoms with Gasteiger partial charge in [0.1, 0.15) is 5.01 Å². The highest BCUT2D eigenvalue weighted by Gasteiger charge is 2.27. The summed E-state index contributed by atoms with van der Waals surface area (Å²) >= 11 is 3.25. The normalized spacial score (nSPS) is 21.3. The van der Waals surface area contributed by atoms with Crippen LogP contribution in [0.4, 0.5) is 0 Å². The number of hydrogen-bond acceptors (Lipinski definition) is 4. The molecular weight excluding hydrogens is 336 g/mol. The van der Waals surface area contributed by atoms with E-state index in [0.29, 0.717) is 11.8 Å². The largest absolute Gasteiger partial charge is 0.337 e. The van der Waals surface area contributed by atoms with E-state index in [-0.39, 0.29) is 5.91 Å². The second-order valence-corrected chi connectivity index (χ2v) is 8.92. The number of fused-ring (bicyclic) bond motifs is 1. The third-order valence-corrected chi connectivity index (χ3v) is 6.76. The Kier molecular flexibility index (Phi) is 4.14. The standard InChI is InChI=1S/C19H20N2OS2/c1-12-9-13(2)11-21(10-12)19(22)17-8-7-16(23-17)18-20-14-5-3-4-6-15(14)24-18/h3-8,12-13H,9-11H2,1-2H3. The van der Waals surface area contributed by atoms with Gasteiger partial charge in [0, 0.05) is 13.1 Å². The molecule has 3 heterocycles. The van der Waals surface area contributed by atoms with Gasteiger partial charge in [0.05, 0.1) is 20.0 Å². The molecule has 0 saturated carbocycles. The summed E-state index contributed by atoms with van der Waals surface area (Å²) in [7, 11) is 0. The van der Waals surface area contributed by atoms with Crippen molar-refractivity contribution in [2.75, 3.05) is 13.1 Å². The maximum Gasteiger partial charge on any atom is 0.263 e. The molecule has 0 radical (unpaired) electrons. The summed E-state index contributed by atoms with van der Waals surface area (Å²) in [5.41, 5.74) is 1.03. The van der Waals surface area contributed by atoms with E-state index in [1.807, 2.05) is 35.2 Å². The highest BCUT2D eigenvalue weighted by atomic mass is 32.1. The summed E-state index contributed by atoms with van der Waals surface area (Å²) in [6.07, 6.45) is 1.21. The molecule has 1 aromatic carbocycles. The van der Waals surface area contributed by atoms with E-state index in [9.17, 15) is 4.79 Å². The second-order valence-electron chi connectivity index (χ2n) is 6.81. The van der Waals surface area contributed by atoms with E-state index in [2.05, 4.69) is 19.9 Å². The molecule has 0 aliphatic carbocycles. The summed E-state index contributed by atoms with van der Waals surface area (Å²) in [5.74, 6) is 1.34. The molecule has 24 heavy (non-hydrogen) atoms. The van der Waals surface area contributed by atoms with E-state index in [0.717, 1.165) is 33.4 Å². The number of hydrogen-bond donors (Lipinski definition) is 0. The predicted octanol–water partition coefficient (Wildman–Crippen LogP) is 5.14.